The van der Waals surface area contributed by atoms with Gasteiger partial charge >= 0.3 is 5.97 Å². The number of aliphatic carboxylic acids is 1. The highest BCUT2D eigenvalue weighted by atomic mass is 16.5. The fourth-order valence-corrected chi connectivity index (χ4v) is 2.57. The molecule has 0 bridgehead atoms. The molecule has 2 aliphatic heterocycles. The molecule has 1 amide bonds. The zero-order valence-electron chi connectivity index (χ0n) is 10.1. The van der Waals surface area contributed by atoms with E-state index in [0.717, 1.165) is 19.3 Å². The van der Waals surface area contributed by atoms with Gasteiger partial charge in [-0.05, 0) is 32.6 Å². The van der Waals surface area contributed by atoms with Gasteiger partial charge in [-0.1, -0.05) is 0 Å². The van der Waals surface area contributed by atoms with Gasteiger partial charge in [0.1, 0.15) is 6.10 Å². The molecule has 0 aromatic heterocycles. The van der Waals surface area contributed by atoms with Crippen LogP contribution in [0.4, 0.5) is 0 Å². The van der Waals surface area contributed by atoms with Crippen LogP contribution in [0.3, 0.4) is 0 Å². The number of carboxylic acids is 1. The summed E-state index contributed by atoms with van der Waals surface area (Å²) in [5, 5.41) is 9.02. The molecule has 2 aliphatic rings. The molecule has 0 radical (unpaired) electrons. The zero-order valence-corrected chi connectivity index (χ0v) is 10.1. The molecule has 3 atom stereocenters. The van der Waals surface area contributed by atoms with E-state index in [4.69, 9.17) is 9.84 Å². The third-order valence-corrected chi connectivity index (χ3v) is 3.72. The second-order valence-electron chi connectivity index (χ2n) is 4.95. The molecular formula is C12H19NO4. The lowest BCUT2D eigenvalue weighted by atomic mass is 9.93. The molecular weight excluding hydrogens is 222 g/mol. The van der Waals surface area contributed by atoms with E-state index < -0.39 is 11.9 Å². The van der Waals surface area contributed by atoms with Crippen molar-refractivity contribution in [1.29, 1.82) is 0 Å². The molecule has 1 N–H and O–H groups in total. The van der Waals surface area contributed by atoms with E-state index in [1.807, 2.05) is 6.92 Å². The normalized spacial score (nSPS) is 33.7. The Morgan fingerprint density at radius 1 is 1.29 bits per heavy atom. The average Bonchev–Trinajstić information content (AvgIpc) is 2.81. The Morgan fingerprint density at radius 2 is 2.06 bits per heavy atom. The van der Waals surface area contributed by atoms with E-state index in [1.54, 1.807) is 4.90 Å². The van der Waals surface area contributed by atoms with E-state index in [0.29, 0.717) is 19.6 Å². The lowest BCUT2D eigenvalue weighted by Gasteiger charge is -2.37. The van der Waals surface area contributed by atoms with Gasteiger partial charge < -0.3 is 14.7 Å². The number of amides is 1. The van der Waals surface area contributed by atoms with Crippen molar-refractivity contribution in [1.82, 2.24) is 4.90 Å². The van der Waals surface area contributed by atoms with Crippen molar-refractivity contribution in [2.45, 2.75) is 44.8 Å². The summed E-state index contributed by atoms with van der Waals surface area (Å²) < 4.78 is 5.37. The van der Waals surface area contributed by atoms with Crippen molar-refractivity contribution >= 4 is 11.9 Å². The Bertz CT molecular complexity index is 312. The molecule has 3 unspecified atom stereocenters. The van der Waals surface area contributed by atoms with E-state index in [-0.39, 0.29) is 18.1 Å². The largest absolute Gasteiger partial charge is 0.481 e. The number of hydrogen-bond donors (Lipinski definition) is 1. The van der Waals surface area contributed by atoms with Crippen LogP contribution in [-0.4, -0.2) is 47.2 Å². The standard InChI is InChI=1S/C12H19NO4/c1-8-4-5-9(12(15)16)7-13(8)11(14)10-3-2-6-17-10/h8-10H,2-7H2,1H3,(H,15,16). The number of hydrogen-bond acceptors (Lipinski definition) is 3. The average molecular weight is 241 g/mol. The maximum absolute atomic E-state index is 12.2. The Kier molecular flexibility index (Phi) is 3.66. The quantitative estimate of drug-likeness (QED) is 0.779. The second-order valence-corrected chi connectivity index (χ2v) is 4.95. The first-order valence-corrected chi connectivity index (χ1v) is 6.24. The first-order valence-electron chi connectivity index (χ1n) is 6.24. The number of piperidine rings is 1. The van der Waals surface area contributed by atoms with Gasteiger partial charge in [-0.3, -0.25) is 9.59 Å². The summed E-state index contributed by atoms with van der Waals surface area (Å²) in [4.78, 5) is 24.9. The fraction of sp³-hybridized carbons (Fsp3) is 0.833. The van der Waals surface area contributed by atoms with E-state index in [9.17, 15) is 9.59 Å². The summed E-state index contributed by atoms with van der Waals surface area (Å²) in [6, 6.07) is 0.127. The Hall–Kier alpha value is -1.10. The fourth-order valence-electron chi connectivity index (χ4n) is 2.57. The predicted octanol–water partition coefficient (Wildman–Crippen LogP) is 0.877. The lowest BCUT2D eigenvalue weighted by molar-refractivity contribution is -0.151. The summed E-state index contributed by atoms with van der Waals surface area (Å²) in [5.74, 6) is -1.25. The van der Waals surface area contributed by atoms with Crippen LogP contribution in [0.2, 0.25) is 0 Å². The molecule has 0 aromatic rings. The minimum absolute atomic E-state index is 0.0269. The Labute approximate surface area is 101 Å². The van der Waals surface area contributed by atoms with E-state index in [2.05, 4.69) is 0 Å². The highest BCUT2D eigenvalue weighted by Gasteiger charge is 2.36. The minimum atomic E-state index is -0.804. The first kappa shape index (κ1) is 12.4. The van der Waals surface area contributed by atoms with Crippen LogP contribution in [0.1, 0.15) is 32.6 Å². The molecule has 2 fully saturated rings. The molecule has 2 saturated heterocycles. The molecule has 2 heterocycles. The van der Waals surface area contributed by atoms with Crippen LogP contribution < -0.4 is 0 Å². The minimum Gasteiger partial charge on any atom is -0.481 e. The SMILES string of the molecule is CC1CCC(C(=O)O)CN1C(=O)C1CCCO1. The topological polar surface area (TPSA) is 66.8 Å². The van der Waals surface area contributed by atoms with Crippen molar-refractivity contribution in [2.24, 2.45) is 5.92 Å². The second kappa shape index (κ2) is 5.04. The number of ether oxygens (including phenoxy) is 1. The van der Waals surface area contributed by atoms with Gasteiger partial charge in [0.15, 0.2) is 0 Å². The molecule has 0 aliphatic carbocycles. The van der Waals surface area contributed by atoms with Crippen LogP contribution in [0.5, 0.6) is 0 Å². The number of likely N-dealkylation sites (tertiary alicyclic amines) is 1. The van der Waals surface area contributed by atoms with E-state index in [1.165, 1.54) is 0 Å². The highest BCUT2D eigenvalue weighted by Crippen LogP contribution is 2.25. The summed E-state index contributed by atoms with van der Waals surface area (Å²) in [6.07, 6.45) is 2.76. The van der Waals surface area contributed by atoms with Crippen LogP contribution in [0.25, 0.3) is 0 Å². The van der Waals surface area contributed by atoms with Crippen LogP contribution >= 0.6 is 0 Å². The smallest absolute Gasteiger partial charge is 0.308 e. The number of carbonyl (C=O) groups is 2. The Morgan fingerprint density at radius 3 is 2.65 bits per heavy atom. The van der Waals surface area contributed by atoms with Crippen molar-refractivity contribution in [3.8, 4) is 0 Å². The van der Waals surface area contributed by atoms with Gasteiger partial charge in [-0.15, -0.1) is 0 Å². The zero-order chi connectivity index (χ0) is 12.4. The van der Waals surface area contributed by atoms with Gasteiger partial charge in [0, 0.05) is 19.2 Å². The maximum atomic E-state index is 12.2. The van der Waals surface area contributed by atoms with Crippen LogP contribution in [0.15, 0.2) is 0 Å². The van der Waals surface area contributed by atoms with Gasteiger partial charge in [0.25, 0.3) is 5.91 Å². The third-order valence-electron chi connectivity index (χ3n) is 3.72. The molecule has 5 heteroatoms. The van der Waals surface area contributed by atoms with Gasteiger partial charge in [0.05, 0.1) is 5.92 Å². The number of nitrogens with zero attached hydrogens (tertiary/aromatic N) is 1. The molecule has 17 heavy (non-hydrogen) atoms. The first-order chi connectivity index (χ1) is 8.09. The number of carboxylic acid groups (broad SMARTS) is 1. The molecule has 2 rings (SSSR count). The predicted molar refractivity (Wildman–Crippen MR) is 60.5 cm³/mol. The maximum Gasteiger partial charge on any atom is 0.308 e. The highest BCUT2D eigenvalue weighted by molar-refractivity contribution is 5.82. The monoisotopic (exact) mass is 241 g/mol. The molecule has 0 spiro atoms. The molecule has 96 valence electrons. The Balaban J connectivity index is 2.01. The van der Waals surface area contributed by atoms with Gasteiger partial charge in [-0.25, -0.2) is 0 Å². The molecule has 0 saturated carbocycles. The van der Waals surface area contributed by atoms with Gasteiger partial charge in [0.2, 0.25) is 0 Å². The van der Waals surface area contributed by atoms with E-state index >= 15 is 0 Å². The van der Waals surface area contributed by atoms with Crippen molar-refractivity contribution in [3.05, 3.63) is 0 Å². The van der Waals surface area contributed by atoms with Crippen molar-refractivity contribution in [2.75, 3.05) is 13.2 Å². The van der Waals surface area contributed by atoms with Crippen molar-refractivity contribution < 1.29 is 19.4 Å². The number of rotatable bonds is 2. The van der Waals surface area contributed by atoms with Gasteiger partial charge in [-0.2, -0.15) is 0 Å². The summed E-state index contributed by atoms with van der Waals surface area (Å²) in [5.41, 5.74) is 0. The lowest BCUT2D eigenvalue weighted by Crippen LogP contribution is -2.50. The summed E-state index contributed by atoms with van der Waals surface area (Å²) in [7, 11) is 0. The number of carbonyl (C=O) groups excluding carboxylic acids is 1. The molecule has 0 aromatic carbocycles. The third kappa shape index (κ3) is 2.60. The summed E-state index contributed by atoms with van der Waals surface area (Å²) >= 11 is 0. The van der Waals surface area contributed by atoms with Crippen LogP contribution in [0, 0.1) is 5.92 Å². The van der Waals surface area contributed by atoms with Crippen LogP contribution in [-0.2, 0) is 14.3 Å². The van der Waals surface area contributed by atoms with Crippen molar-refractivity contribution in [3.63, 3.8) is 0 Å². The summed E-state index contributed by atoms with van der Waals surface area (Å²) in [6.45, 7) is 2.95. The molecule has 5 nitrogen and oxygen atoms in total.